The van der Waals surface area contributed by atoms with E-state index in [1.54, 1.807) is 12.4 Å². The molecule has 1 amide bonds. The van der Waals surface area contributed by atoms with Crippen LogP contribution in [0.5, 0.6) is 0 Å². The van der Waals surface area contributed by atoms with E-state index in [9.17, 15) is 4.79 Å². The summed E-state index contributed by atoms with van der Waals surface area (Å²) in [4.78, 5) is 25.2. The third kappa shape index (κ3) is 4.52. The third-order valence-electron chi connectivity index (χ3n) is 4.01. The highest BCUT2D eigenvalue weighted by Crippen LogP contribution is 2.21. The molecule has 1 aromatic carbocycles. The Labute approximate surface area is 150 Å². The van der Waals surface area contributed by atoms with Crippen LogP contribution < -0.4 is 10.2 Å². The second-order valence-corrected chi connectivity index (χ2v) is 6.51. The van der Waals surface area contributed by atoms with Crippen molar-refractivity contribution < 1.29 is 4.79 Å². The van der Waals surface area contributed by atoms with Gasteiger partial charge in [0.05, 0.1) is 5.69 Å². The number of carbonyl (C=O) groups excluding carboxylic acids is 1. The van der Waals surface area contributed by atoms with E-state index >= 15 is 0 Å². The van der Waals surface area contributed by atoms with Crippen LogP contribution in [0.3, 0.4) is 0 Å². The zero-order chi connectivity index (χ0) is 16.8. The lowest BCUT2D eigenvalue weighted by molar-refractivity contribution is -0.116. The summed E-state index contributed by atoms with van der Waals surface area (Å²) in [5, 5.41) is 2.94. The van der Waals surface area contributed by atoms with Gasteiger partial charge in [0.1, 0.15) is 0 Å². The summed E-state index contributed by atoms with van der Waals surface area (Å²) < 4.78 is 0.898. The minimum Gasteiger partial charge on any atom is -0.338 e. The van der Waals surface area contributed by atoms with Crippen molar-refractivity contribution in [3.8, 4) is 0 Å². The Bertz CT molecular complexity index is 674. The van der Waals surface area contributed by atoms with Gasteiger partial charge in [0.2, 0.25) is 11.9 Å². The first-order valence-electron chi connectivity index (χ1n) is 8.01. The fourth-order valence-corrected chi connectivity index (χ4v) is 3.04. The van der Waals surface area contributed by atoms with Crippen molar-refractivity contribution in [3.63, 3.8) is 0 Å². The van der Waals surface area contributed by atoms with Gasteiger partial charge in [-0.15, -0.1) is 0 Å². The summed E-state index contributed by atoms with van der Waals surface area (Å²) in [5.41, 5.74) is 0.813. The van der Waals surface area contributed by atoms with Crippen molar-refractivity contribution in [2.24, 2.45) is 0 Å². The Kier molecular flexibility index (Phi) is 5.77. The fourth-order valence-electron chi connectivity index (χ4n) is 2.66. The van der Waals surface area contributed by atoms with Gasteiger partial charge in [-0.1, -0.05) is 12.1 Å². The molecule has 2 heterocycles. The number of amides is 1. The number of benzene rings is 1. The quantitative estimate of drug-likeness (QED) is 0.850. The molecule has 24 heavy (non-hydrogen) atoms. The first-order valence-corrected chi connectivity index (χ1v) is 8.80. The molecular weight excluding hydrogens is 370 g/mol. The molecule has 1 N–H and O–H groups in total. The lowest BCUT2D eigenvalue weighted by Crippen LogP contribution is -2.47. The molecule has 7 heteroatoms. The van der Waals surface area contributed by atoms with Crippen molar-refractivity contribution in [3.05, 3.63) is 47.2 Å². The Morgan fingerprint density at radius 3 is 2.50 bits per heavy atom. The Morgan fingerprint density at radius 2 is 1.79 bits per heavy atom. The molecule has 0 bridgehead atoms. The van der Waals surface area contributed by atoms with Gasteiger partial charge in [-0.05, 0) is 34.1 Å². The molecule has 3 rings (SSSR count). The van der Waals surface area contributed by atoms with Crippen LogP contribution >= 0.6 is 15.9 Å². The van der Waals surface area contributed by atoms with E-state index in [1.165, 1.54) is 0 Å². The molecule has 0 atom stereocenters. The number of nitrogens with zero attached hydrogens (tertiary/aromatic N) is 4. The molecule has 0 spiro atoms. The van der Waals surface area contributed by atoms with E-state index in [0.29, 0.717) is 6.42 Å². The van der Waals surface area contributed by atoms with Crippen LogP contribution in [0.15, 0.2) is 47.2 Å². The molecule has 1 aliphatic heterocycles. The van der Waals surface area contributed by atoms with Crippen molar-refractivity contribution in [2.75, 3.05) is 42.9 Å². The average molecular weight is 390 g/mol. The van der Waals surface area contributed by atoms with E-state index in [0.717, 1.165) is 48.8 Å². The van der Waals surface area contributed by atoms with Gasteiger partial charge < -0.3 is 10.2 Å². The summed E-state index contributed by atoms with van der Waals surface area (Å²) in [6.45, 7) is 4.37. The molecule has 6 nitrogen and oxygen atoms in total. The van der Waals surface area contributed by atoms with E-state index in [1.807, 2.05) is 30.3 Å². The first kappa shape index (κ1) is 16.9. The summed E-state index contributed by atoms with van der Waals surface area (Å²) in [7, 11) is 0. The van der Waals surface area contributed by atoms with Gasteiger partial charge in [0, 0.05) is 56.0 Å². The summed E-state index contributed by atoms with van der Waals surface area (Å²) in [5.74, 6) is 0.819. The van der Waals surface area contributed by atoms with Crippen molar-refractivity contribution in [1.29, 1.82) is 0 Å². The summed E-state index contributed by atoms with van der Waals surface area (Å²) >= 11 is 3.44. The van der Waals surface area contributed by atoms with Crippen LogP contribution in [0, 0.1) is 0 Å². The third-order valence-corrected chi connectivity index (χ3v) is 4.70. The second-order valence-electron chi connectivity index (χ2n) is 5.66. The van der Waals surface area contributed by atoms with Gasteiger partial charge in [0.25, 0.3) is 0 Å². The van der Waals surface area contributed by atoms with Crippen LogP contribution in [0.4, 0.5) is 11.6 Å². The van der Waals surface area contributed by atoms with Gasteiger partial charge >= 0.3 is 0 Å². The molecule has 1 aromatic heterocycles. The van der Waals surface area contributed by atoms with Crippen LogP contribution in [-0.2, 0) is 4.79 Å². The number of hydrogen-bond acceptors (Lipinski definition) is 5. The zero-order valence-electron chi connectivity index (χ0n) is 13.4. The fraction of sp³-hybridized carbons (Fsp3) is 0.353. The Morgan fingerprint density at radius 1 is 1.08 bits per heavy atom. The maximum Gasteiger partial charge on any atom is 0.225 e. The molecule has 1 fully saturated rings. The smallest absolute Gasteiger partial charge is 0.225 e. The van der Waals surface area contributed by atoms with Crippen molar-refractivity contribution in [1.82, 2.24) is 14.9 Å². The van der Waals surface area contributed by atoms with E-state index in [4.69, 9.17) is 0 Å². The highest BCUT2D eigenvalue weighted by Gasteiger charge is 2.19. The number of rotatable bonds is 5. The van der Waals surface area contributed by atoms with Crippen LogP contribution in [-0.4, -0.2) is 53.5 Å². The average Bonchev–Trinajstić information content (AvgIpc) is 2.63. The van der Waals surface area contributed by atoms with Gasteiger partial charge in [-0.25, -0.2) is 9.97 Å². The molecule has 0 radical (unpaired) electrons. The standard InChI is InChI=1S/C17H20BrN5O/c18-14-4-1-2-5-15(14)21-16(24)6-9-22-10-12-23(13-11-22)17-19-7-3-8-20-17/h1-5,7-8H,6,9-13H2,(H,21,24). The maximum absolute atomic E-state index is 12.1. The highest BCUT2D eigenvalue weighted by atomic mass is 79.9. The minimum atomic E-state index is 0.0377. The number of anilines is 2. The van der Waals surface area contributed by atoms with Gasteiger partial charge in [0.15, 0.2) is 0 Å². The van der Waals surface area contributed by atoms with E-state index in [2.05, 4.69) is 41.0 Å². The Hall–Kier alpha value is -1.99. The molecule has 0 unspecified atom stereocenters. The Balaban J connectivity index is 1.42. The lowest BCUT2D eigenvalue weighted by atomic mass is 10.2. The predicted octanol–water partition coefficient (Wildman–Crippen LogP) is 2.39. The van der Waals surface area contributed by atoms with E-state index < -0.39 is 0 Å². The molecule has 0 aliphatic carbocycles. The van der Waals surface area contributed by atoms with Crippen molar-refractivity contribution >= 4 is 33.5 Å². The first-order chi connectivity index (χ1) is 11.7. The SMILES string of the molecule is O=C(CCN1CCN(c2ncccn2)CC1)Nc1ccccc1Br. The highest BCUT2D eigenvalue weighted by molar-refractivity contribution is 9.10. The number of para-hydroxylation sites is 1. The molecule has 2 aromatic rings. The van der Waals surface area contributed by atoms with Gasteiger partial charge in [-0.2, -0.15) is 0 Å². The number of carbonyl (C=O) groups is 1. The second kappa shape index (κ2) is 8.21. The van der Waals surface area contributed by atoms with Gasteiger partial charge in [-0.3, -0.25) is 9.69 Å². The normalized spacial score (nSPS) is 15.3. The molecule has 1 saturated heterocycles. The number of nitrogens with one attached hydrogen (secondary N) is 1. The maximum atomic E-state index is 12.1. The molecule has 0 saturated carbocycles. The van der Waals surface area contributed by atoms with E-state index in [-0.39, 0.29) is 5.91 Å². The predicted molar refractivity (Wildman–Crippen MR) is 98.1 cm³/mol. The largest absolute Gasteiger partial charge is 0.338 e. The zero-order valence-corrected chi connectivity index (χ0v) is 14.9. The lowest BCUT2D eigenvalue weighted by Gasteiger charge is -2.34. The monoisotopic (exact) mass is 389 g/mol. The number of halogens is 1. The number of aromatic nitrogens is 2. The molecule has 1 aliphatic rings. The van der Waals surface area contributed by atoms with Crippen LogP contribution in [0.2, 0.25) is 0 Å². The molecule has 126 valence electrons. The molecular formula is C17H20BrN5O. The van der Waals surface area contributed by atoms with Crippen molar-refractivity contribution in [2.45, 2.75) is 6.42 Å². The minimum absolute atomic E-state index is 0.0377. The van der Waals surface area contributed by atoms with Crippen LogP contribution in [0.1, 0.15) is 6.42 Å². The number of piperazine rings is 1. The summed E-state index contributed by atoms with van der Waals surface area (Å²) in [6, 6.07) is 9.46. The topological polar surface area (TPSA) is 61.4 Å². The number of hydrogen-bond donors (Lipinski definition) is 1. The summed E-state index contributed by atoms with van der Waals surface area (Å²) in [6.07, 6.45) is 4.02. The van der Waals surface area contributed by atoms with Crippen LogP contribution in [0.25, 0.3) is 0 Å².